The zero-order valence-corrected chi connectivity index (χ0v) is 14.8. The molecule has 3 rings (SSSR count). The van der Waals surface area contributed by atoms with Crippen LogP contribution in [0.1, 0.15) is 6.42 Å². The summed E-state index contributed by atoms with van der Waals surface area (Å²) in [6.07, 6.45) is 4.42. The minimum atomic E-state index is 0.0237. The van der Waals surface area contributed by atoms with Crippen molar-refractivity contribution in [2.75, 3.05) is 39.3 Å². The van der Waals surface area contributed by atoms with Gasteiger partial charge in [-0.2, -0.15) is 0 Å². The molecule has 7 nitrogen and oxygen atoms in total. The summed E-state index contributed by atoms with van der Waals surface area (Å²) >= 11 is 5.84. The molecule has 1 fully saturated rings. The van der Waals surface area contributed by atoms with Crippen LogP contribution in [0.5, 0.6) is 5.75 Å². The van der Waals surface area contributed by atoms with Gasteiger partial charge in [-0.15, -0.1) is 10.2 Å². The number of carbonyl (C=O) groups excluding carboxylic acids is 1. The maximum absolute atomic E-state index is 12.4. The van der Waals surface area contributed by atoms with E-state index >= 15 is 0 Å². The van der Waals surface area contributed by atoms with E-state index in [2.05, 4.69) is 15.1 Å². The van der Waals surface area contributed by atoms with Gasteiger partial charge in [-0.25, -0.2) is 0 Å². The average Bonchev–Trinajstić information content (AvgIpc) is 3.03. The fourth-order valence-electron chi connectivity index (χ4n) is 2.81. The molecule has 0 aliphatic carbocycles. The molecule has 0 bridgehead atoms. The highest BCUT2D eigenvalue weighted by molar-refractivity contribution is 6.30. The van der Waals surface area contributed by atoms with E-state index < -0.39 is 0 Å². The van der Waals surface area contributed by atoms with Crippen molar-refractivity contribution in [3.8, 4) is 5.75 Å². The number of aromatic nitrogens is 3. The second-order valence-corrected chi connectivity index (χ2v) is 6.45. The van der Waals surface area contributed by atoms with E-state index in [1.165, 1.54) is 0 Å². The van der Waals surface area contributed by atoms with Crippen LogP contribution in [0, 0.1) is 0 Å². The quantitative estimate of drug-likeness (QED) is 0.779. The van der Waals surface area contributed by atoms with Crippen LogP contribution in [0.3, 0.4) is 0 Å². The molecule has 1 aliphatic heterocycles. The van der Waals surface area contributed by atoms with E-state index in [1.807, 2.05) is 9.47 Å². The van der Waals surface area contributed by atoms with Crippen molar-refractivity contribution in [1.29, 1.82) is 0 Å². The van der Waals surface area contributed by atoms with Crippen LogP contribution in [-0.2, 0) is 11.3 Å². The number of amides is 1. The first kappa shape index (κ1) is 17.7. The highest BCUT2D eigenvalue weighted by atomic mass is 35.5. The maximum atomic E-state index is 12.4. The van der Waals surface area contributed by atoms with Crippen LogP contribution in [0.25, 0.3) is 0 Å². The first-order valence-corrected chi connectivity index (χ1v) is 8.79. The van der Waals surface area contributed by atoms with E-state index in [-0.39, 0.29) is 12.5 Å². The smallest absolute Gasteiger partial charge is 0.260 e. The van der Waals surface area contributed by atoms with Crippen molar-refractivity contribution in [3.05, 3.63) is 41.9 Å². The van der Waals surface area contributed by atoms with Gasteiger partial charge in [0, 0.05) is 37.7 Å². The predicted molar refractivity (Wildman–Crippen MR) is 94.6 cm³/mol. The molecule has 8 heteroatoms. The third-order valence-corrected chi connectivity index (χ3v) is 4.51. The minimum Gasteiger partial charge on any atom is -0.484 e. The molecular formula is C17H22ClN5O2. The van der Waals surface area contributed by atoms with E-state index in [0.29, 0.717) is 10.8 Å². The van der Waals surface area contributed by atoms with Gasteiger partial charge in [0.15, 0.2) is 6.61 Å². The Morgan fingerprint density at radius 1 is 1.04 bits per heavy atom. The standard InChI is InChI=1S/C17H22ClN5O2/c18-15-2-4-16(5-3-15)25-12-17(24)23-7-1-6-21(10-11-23)8-9-22-13-19-20-14-22/h2-5,13-14H,1,6-12H2. The third kappa shape index (κ3) is 5.44. The number of halogens is 1. The van der Waals surface area contributed by atoms with Gasteiger partial charge in [-0.05, 0) is 37.2 Å². The van der Waals surface area contributed by atoms with E-state index in [4.69, 9.17) is 16.3 Å². The Bertz CT molecular complexity index is 662. The van der Waals surface area contributed by atoms with E-state index in [9.17, 15) is 4.79 Å². The third-order valence-electron chi connectivity index (χ3n) is 4.26. The minimum absolute atomic E-state index is 0.0237. The SMILES string of the molecule is O=C(COc1ccc(Cl)cc1)N1CCCN(CCn2cnnc2)CC1. The monoisotopic (exact) mass is 363 g/mol. The molecule has 1 aliphatic rings. The van der Waals surface area contributed by atoms with Crippen molar-refractivity contribution in [2.24, 2.45) is 0 Å². The lowest BCUT2D eigenvalue weighted by Gasteiger charge is -2.22. The summed E-state index contributed by atoms with van der Waals surface area (Å²) in [6.45, 7) is 5.21. The number of carbonyl (C=O) groups is 1. The number of benzene rings is 1. The molecule has 0 saturated carbocycles. The zero-order chi connectivity index (χ0) is 17.5. The topological polar surface area (TPSA) is 63.5 Å². The lowest BCUT2D eigenvalue weighted by Crippen LogP contribution is -2.38. The molecule has 0 atom stereocenters. The van der Waals surface area contributed by atoms with Gasteiger partial charge >= 0.3 is 0 Å². The molecule has 1 amide bonds. The van der Waals surface area contributed by atoms with Crippen LogP contribution in [-0.4, -0.2) is 69.8 Å². The molecule has 1 aromatic heterocycles. The molecule has 0 N–H and O–H groups in total. The summed E-state index contributed by atoms with van der Waals surface area (Å²) in [7, 11) is 0. The molecule has 0 unspecified atom stereocenters. The van der Waals surface area contributed by atoms with E-state index in [1.54, 1.807) is 36.9 Å². The summed E-state index contributed by atoms with van der Waals surface area (Å²) in [6, 6.07) is 7.04. The molecule has 0 radical (unpaired) electrons. The maximum Gasteiger partial charge on any atom is 0.260 e. The molecular weight excluding hydrogens is 342 g/mol. The number of hydrogen-bond acceptors (Lipinski definition) is 5. The Hall–Kier alpha value is -2.12. The van der Waals surface area contributed by atoms with Gasteiger partial charge in [-0.3, -0.25) is 9.69 Å². The molecule has 0 spiro atoms. The Kier molecular flexibility index (Phi) is 6.25. The summed E-state index contributed by atoms with van der Waals surface area (Å²) < 4.78 is 7.53. The van der Waals surface area contributed by atoms with Crippen molar-refractivity contribution >= 4 is 17.5 Å². The fourth-order valence-corrected chi connectivity index (χ4v) is 2.93. The molecule has 25 heavy (non-hydrogen) atoms. The van der Waals surface area contributed by atoms with Crippen LogP contribution in [0.4, 0.5) is 0 Å². The lowest BCUT2D eigenvalue weighted by atomic mass is 10.3. The van der Waals surface area contributed by atoms with Crippen molar-refractivity contribution in [2.45, 2.75) is 13.0 Å². The van der Waals surface area contributed by atoms with E-state index in [0.717, 1.165) is 45.7 Å². The van der Waals surface area contributed by atoms with Gasteiger partial charge in [-0.1, -0.05) is 11.6 Å². The Balaban J connectivity index is 1.42. The Labute approximate surface area is 152 Å². The molecule has 2 aromatic rings. The normalized spacial score (nSPS) is 15.8. The second-order valence-electron chi connectivity index (χ2n) is 6.02. The van der Waals surface area contributed by atoms with Gasteiger partial charge in [0.25, 0.3) is 5.91 Å². The summed E-state index contributed by atoms with van der Waals surface area (Å²) in [5, 5.41) is 8.27. The summed E-state index contributed by atoms with van der Waals surface area (Å²) in [5.41, 5.74) is 0. The number of hydrogen-bond donors (Lipinski definition) is 0. The van der Waals surface area contributed by atoms with Crippen LogP contribution >= 0.6 is 11.6 Å². The molecule has 134 valence electrons. The van der Waals surface area contributed by atoms with Gasteiger partial charge in [0.05, 0.1) is 0 Å². The number of ether oxygens (including phenoxy) is 1. The zero-order valence-electron chi connectivity index (χ0n) is 14.1. The fraction of sp³-hybridized carbons (Fsp3) is 0.471. The first-order valence-electron chi connectivity index (χ1n) is 8.41. The van der Waals surface area contributed by atoms with Gasteiger partial charge in [0.1, 0.15) is 18.4 Å². The predicted octanol–water partition coefficient (Wildman–Crippen LogP) is 1.54. The molecule has 1 saturated heterocycles. The van der Waals surface area contributed by atoms with Crippen LogP contribution in [0.2, 0.25) is 5.02 Å². The van der Waals surface area contributed by atoms with Gasteiger partial charge in [0.2, 0.25) is 0 Å². The Morgan fingerprint density at radius 2 is 1.80 bits per heavy atom. The van der Waals surface area contributed by atoms with Crippen molar-refractivity contribution < 1.29 is 9.53 Å². The Morgan fingerprint density at radius 3 is 2.56 bits per heavy atom. The number of nitrogens with zero attached hydrogens (tertiary/aromatic N) is 5. The first-order chi connectivity index (χ1) is 12.2. The highest BCUT2D eigenvalue weighted by Gasteiger charge is 2.19. The summed E-state index contributed by atoms with van der Waals surface area (Å²) in [4.78, 5) is 16.6. The van der Waals surface area contributed by atoms with Crippen molar-refractivity contribution in [3.63, 3.8) is 0 Å². The highest BCUT2D eigenvalue weighted by Crippen LogP contribution is 2.15. The van der Waals surface area contributed by atoms with Crippen molar-refractivity contribution in [1.82, 2.24) is 24.6 Å². The van der Waals surface area contributed by atoms with Gasteiger partial charge < -0.3 is 14.2 Å². The average molecular weight is 364 g/mol. The number of rotatable bonds is 6. The largest absolute Gasteiger partial charge is 0.484 e. The summed E-state index contributed by atoms with van der Waals surface area (Å²) in [5.74, 6) is 0.679. The second kappa shape index (κ2) is 8.82. The van der Waals surface area contributed by atoms with Crippen LogP contribution in [0.15, 0.2) is 36.9 Å². The molecule has 2 heterocycles. The lowest BCUT2D eigenvalue weighted by molar-refractivity contribution is -0.133. The molecule has 1 aromatic carbocycles. The van der Waals surface area contributed by atoms with Crippen LogP contribution < -0.4 is 4.74 Å².